The van der Waals surface area contributed by atoms with Gasteiger partial charge in [-0.15, -0.1) is 0 Å². The predicted molar refractivity (Wildman–Crippen MR) is 85.9 cm³/mol. The van der Waals surface area contributed by atoms with Crippen LogP contribution in [0.2, 0.25) is 0 Å². The molecular formula is C17H20N4O. The summed E-state index contributed by atoms with van der Waals surface area (Å²) in [5.41, 5.74) is 1.33. The van der Waals surface area contributed by atoms with Gasteiger partial charge in [0.2, 0.25) is 0 Å². The molecule has 1 unspecified atom stereocenters. The number of carbonyl (C=O) groups excluding carboxylic acids is 1. The van der Waals surface area contributed by atoms with Crippen molar-refractivity contribution in [2.75, 3.05) is 18.0 Å². The Bertz CT molecular complexity index is 644. The van der Waals surface area contributed by atoms with E-state index in [0.29, 0.717) is 5.69 Å². The van der Waals surface area contributed by atoms with E-state index < -0.39 is 0 Å². The molecule has 22 heavy (non-hydrogen) atoms. The van der Waals surface area contributed by atoms with Crippen molar-refractivity contribution >= 4 is 11.7 Å². The van der Waals surface area contributed by atoms with Gasteiger partial charge >= 0.3 is 0 Å². The Labute approximate surface area is 130 Å². The second-order valence-electron chi connectivity index (χ2n) is 5.61. The third-order valence-electron chi connectivity index (χ3n) is 3.85. The number of hydrogen-bond donors (Lipinski definition) is 1. The van der Waals surface area contributed by atoms with Crippen molar-refractivity contribution in [2.24, 2.45) is 0 Å². The molecule has 0 aromatic carbocycles. The summed E-state index contributed by atoms with van der Waals surface area (Å²) >= 11 is 0. The van der Waals surface area contributed by atoms with E-state index in [1.54, 1.807) is 12.3 Å². The summed E-state index contributed by atoms with van der Waals surface area (Å²) in [7, 11) is 0. The zero-order chi connectivity index (χ0) is 15.4. The van der Waals surface area contributed by atoms with Gasteiger partial charge < -0.3 is 10.2 Å². The first-order valence-electron chi connectivity index (χ1n) is 7.63. The molecule has 5 nitrogen and oxygen atoms in total. The van der Waals surface area contributed by atoms with Crippen molar-refractivity contribution in [3.63, 3.8) is 0 Å². The number of piperidine rings is 1. The maximum atomic E-state index is 12.3. The van der Waals surface area contributed by atoms with Gasteiger partial charge in [0, 0.05) is 31.0 Å². The average Bonchev–Trinajstić information content (AvgIpc) is 2.56. The summed E-state index contributed by atoms with van der Waals surface area (Å²) in [5, 5.41) is 3.09. The molecule has 0 spiro atoms. The molecule has 0 bridgehead atoms. The third-order valence-corrected chi connectivity index (χ3v) is 3.85. The minimum absolute atomic E-state index is 0.100. The van der Waals surface area contributed by atoms with Crippen LogP contribution in [0.15, 0.2) is 42.6 Å². The standard InChI is InChI=1S/C17H20N4O/c1-13-6-4-8-15(19-13)17(22)20-14-7-5-11-21(12-14)16-9-2-3-10-18-16/h2-4,6,8-10,14H,5,7,11-12H2,1H3,(H,20,22). The van der Waals surface area contributed by atoms with Crippen molar-refractivity contribution < 1.29 is 4.79 Å². The highest BCUT2D eigenvalue weighted by atomic mass is 16.1. The number of pyridine rings is 2. The number of rotatable bonds is 3. The van der Waals surface area contributed by atoms with Crippen LogP contribution in [0.25, 0.3) is 0 Å². The first kappa shape index (κ1) is 14.5. The highest BCUT2D eigenvalue weighted by molar-refractivity contribution is 5.92. The second-order valence-corrected chi connectivity index (χ2v) is 5.61. The molecule has 5 heteroatoms. The highest BCUT2D eigenvalue weighted by Gasteiger charge is 2.22. The van der Waals surface area contributed by atoms with Gasteiger partial charge in [-0.2, -0.15) is 0 Å². The Hall–Kier alpha value is -2.43. The maximum absolute atomic E-state index is 12.3. The van der Waals surface area contributed by atoms with E-state index in [1.807, 2.05) is 37.3 Å². The molecule has 0 saturated carbocycles. The van der Waals surface area contributed by atoms with E-state index in [9.17, 15) is 4.79 Å². The molecule has 0 radical (unpaired) electrons. The van der Waals surface area contributed by atoms with Crippen molar-refractivity contribution in [3.8, 4) is 0 Å². The number of amides is 1. The molecule has 1 saturated heterocycles. The summed E-state index contributed by atoms with van der Waals surface area (Å²) in [5.74, 6) is 0.867. The van der Waals surface area contributed by atoms with Crippen LogP contribution in [0, 0.1) is 6.92 Å². The Morgan fingerprint density at radius 1 is 1.27 bits per heavy atom. The minimum Gasteiger partial charge on any atom is -0.355 e. The van der Waals surface area contributed by atoms with Crippen molar-refractivity contribution in [2.45, 2.75) is 25.8 Å². The average molecular weight is 296 g/mol. The largest absolute Gasteiger partial charge is 0.355 e. The van der Waals surface area contributed by atoms with Gasteiger partial charge in [0.1, 0.15) is 11.5 Å². The maximum Gasteiger partial charge on any atom is 0.270 e. The van der Waals surface area contributed by atoms with Gasteiger partial charge in [-0.25, -0.2) is 9.97 Å². The van der Waals surface area contributed by atoms with Crippen LogP contribution in [0.3, 0.4) is 0 Å². The minimum atomic E-state index is -0.100. The van der Waals surface area contributed by atoms with Crippen LogP contribution >= 0.6 is 0 Å². The van der Waals surface area contributed by atoms with E-state index in [-0.39, 0.29) is 11.9 Å². The summed E-state index contributed by atoms with van der Waals surface area (Å²) < 4.78 is 0. The van der Waals surface area contributed by atoms with E-state index in [2.05, 4.69) is 20.2 Å². The molecule has 1 aliphatic heterocycles. The van der Waals surface area contributed by atoms with E-state index in [1.165, 1.54) is 0 Å². The second kappa shape index (κ2) is 6.56. The highest BCUT2D eigenvalue weighted by Crippen LogP contribution is 2.17. The normalized spacial score (nSPS) is 18.0. The van der Waals surface area contributed by atoms with Crippen LogP contribution in [0.1, 0.15) is 29.0 Å². The lowest BCUT2D eigenvalue weighted by Crippen LogP contribution is -2.48. The van der Waals surface area contributed by atoms with Crippen molar-refractivity contribution in [1.29, 1.82) is 0 Å². The lowest BCUT2D eigenvalue weighted by atomic mass is 10.1. The molecule has 1 aliphatic rings. The van der Waals surface area contributed by atoms with Gasteiger partial charge in [-0.3, -0.25) is 4.79 Å². The SMILES string of the molecule is Cc1cccc(C(=O)NC2CCCN(c3ccccn3)C2)n1. The number of hydrogen-bond acceptors (Lipinski definition) is 4. The Balaban J connectivity index is 1.64. The Morgan fingerprint density at radius 3 is 2.95 bits per heavy atom. The molecule has 1 amide bonds. The van der Waals surface area contributed by atoms with E-state index >= 15 is 0 Å². The summed E-state index contributed by atoms with van der Waals surface area (Å²) in [6.45, 7) is 3.65. The molecule has 0 aliphatic carbocycles. The number of anilines is 1. The molecule has 1 N–H and O–H groups in total. The molecule has 1 fully saturated rings. The molecule has 1 atom stereocenters. The molecular weight excluding hydrogens is 276 g/mol. The molecule has 114 valence electrons. The fourth-order valence-electron chi connectivity index (χ4n) is 2.77. The van der Waals surface area contributed by atoms with Gasteiger partial charge in [0.15, 0.2) is 0 Å². The number of aromatic nitrogens is 2. The fourth-order valence-corrected chi connectivity index (χ4v) is 2.77. The van der Waals surface area contributed by atoms with Crippen LogP contribution < -0.4 is 10.2 Å². The van der Waals surface area contributed by atoms with Gasteiger partial charge in [-0.1, -0.05) is 12.1 Å². The lowest BCUT2D eigenvalue weighted by Gasteiger charge is -2.33. The topological polar surface area (TPSA) is 58.1 Å². The van der Waals surface area contributed by atoms with Gasteiger partial charge in [0.05, 0.1) is 0 Å². The number of nitrogens with zero attached hydrogens (tertiary/aromatic N) is 3. The van der Waals surface area contributed by atoms with Crippen molar-refractivity contribution in [3.05, 3.63) is 54.0 Å². The quantitative estimate of drug-likeness (QED) is 0.943. The number of nitrogens with one attached hydrogen (secondary N) is 1. The van der Waals surface area contributed by atoms with Gasteiger partial charge in [0.25, 0.3) is 5.91 Å². The Morgan fingerprint density at radius 2 is 2.18 bits per heavy atom. The summed E-state index contributed by atoms with van der Waals surface area (Å²) in [4.78, 5) is 23.2. The zero-order valence-electron chi connectivity index (χ0n) is 12.7. The molecule has 3 rings (SSSR count). The zero-order valence-corrected chi connectivity index (χ0v) is 12.7. The van der Waals surface area contributed by atoms with Crippen molar-refractivity contribution in [1.82, 2.24) is 15.3 Å². The van der Waals surface area contributed by atoms with Crippen LogP contribution in [0.5, 0.6) is 0 Å². The fraction of sp³-hybridized carbons (Fsp3) is 0.353. The summed E-state index contributed by atoms with van der Waals surface area (Å²) in [6, 6.07) is 11.5. The summed E-state index contributed by atoms with van der Waals surface area (Å²) in [6.07, 6.45) is 3.83. The van der Waals surface area contributed by atoms with Crippen LogP contribution in [-0.4, -0.2) is 35.0 Å². The lowest BCUT2D eigenvalue weighted by molar-refractivity contribution is 0.0928. The number of carbonyl (C=O) groups is 1. The van der Waals surface area contributed by atoms with Crippen LogP contribution in [-0.2, 0) is 0 Å². The van der Waals surface area contributed by atoms with Gasteiger partial charge in [-0.05, 0) is 44.0 Å². The molecule has 2 aromatic rings. The molecule has 3 heterocycles. The first-order valence-corrected chi connectivity index (χ1v) is 7.63. The Kier molecular flexibility index (Phi) is 4.32. The predicted octanol–water partition coefficient (Wildman–Crippen LogP) is 2.18. The molecule has 2 aromatic heterocycles. The number of aryl methyl sites for hydroxylation is 1. The monoisotopic (exact) mass is 296 g/mol. The first-order chi connectivity index (χ1) is 10.7. The van der Waals surface area contributed by atoms with E-state index in [0.717, 1.165) is 37.4 Å². The van der Waals surface area contributed by atoms with Crippen LogP contribution in [0.4, 0.5) is 5.82 Å². The van der Waals surface area contributed by atoms with E-state index in [4.69, 9.17) is 0 Å². The third kappa shape index (κ3) is 3.42. The smallest absolute Gasteiger partial charge is 0.270 e.